The first-order valence-corrected chi connectivity index (χ1v) is 6.43. The maximum absolute atomic E-state index is 11.9. The van der Waals surface area contributed by atoms with Gasteiger partial charge in [-0.2, -0.15) is 0 Å². The van der Waals surface area contributed by atoms with Gasteiger partial charge in [0, 0.05) is 20.1 Å². The number of hydrogen-bond donors (Lipinski definition) is 3. The van der Waals surface area contributed by atoms with Crippen LogP contribution in [0.3, 0.4) is 0 Å². The van der Waals surface area contributed by atoms with Gasteiger partial charge in [0.05, 0.1) is 24.7 Å². The fourth-order valence-electron chi connectivity index (χ4n) is 2.45. The molecule has 0 saturated heterocycles. The van der Waals surface area contributed by atoms with Crippen LogP contribution in [0.2, 0.25) is 0 Å². The molecule has 1 aromatic rings. The molecule has 0 aliphatic heterocycles. The van der Waals surface area contributed by atoms with Gasteiger partial charge >= 0.3 is 0 Å². The molecule has 1 aliphatic carbocycles. The number of aliphatic hydroxyl groups excluding tert-OH is 1. The van der Waals surface area contributed by atoms with Crippen molar-refractivity contribution in [2.45, 2.75) is 31.1 Å². The Morgan fingerprint density at radius 1 is 1.58 bits per heavy atom. The number of rotatable bonds is 5. The van der Waals surface area contributed by atoms with Gasteiger partial charge in [-0.25, -0.2) is 0 Å². The lowest BCUT2D eigenvalue weighted by Crippen LogP contribution is -2.37. The summed E-state index contributed by atoms with van der Waals surface area (Å²) in [4.78, 5) is 11.9. The van der Waals surface area contributed by atoms with Crippen LogP contribution in [0, 0.1) is 0 Å². The average Bonchev–Trinajstić information content (AvgIpc) is 2.72. The summed E-state index contributed by atoms with van der Waals surface area (Å²) in [7, 11) is 1.53. The fraction of sp³-hybridized carbons (Fsp3) is 0.500. The predicted molar refractivity (Wildman–Crippen MR) is 71.5 cm³/mol. The number of carbonyl (C=O) groups is 1. The van der Waals surface area contributed by atoms with Gasteiger partial charge in [-0.15, -0.1) is 0 Å². The van der Waals surface area contributed by atoms with E-state index in [2.05, 4.69) is 5.32 Å². The van der Waals surface area contributed by atoms with E-state index >= 15 is 0 Å². The van der Waals surface area contributed by atoms with Crippen molar-refractivity contribution in [2.24, 2.45) is 5.73 Å². The van der Waals surface area contributed by atoms with Gasteiger partial charge < -0.3 is 20.9 Å². The second kappa shape index (κ2) is 6.14. The number of benzene rings is 1. The Balaban J connectivity index is 2.01. The van der Waals surface area contributed by atoms with E-state index in [4.69, 9.17) is 10.5 Å². The number of carbonyl (C=O) groups excluding carboxylic acids is 1. The first kappa shape index (κ1) is 14.0. The first-order chi connectivity index (χ1) is 9.15. The standard InChI is InChI=1S/C14H20N2O3/c1-19-10(8-15)7-13(18)16-14-11-5-3-2-4-9(11)6-12(14)17/h2-5,10,12,14,17H,6-8,15H2,1H3,(H,16,18)/t10?,12-,14+/m0/s1. The molecule has 4 N–H and O–H groups in total. The Bertz CT molecular complexity index is 446. The molecule has 1 aliphatic rings. The number of fused-ring (bicyclic) bond motifs is 1. The van der Waals surface area contributed by atoms with Gasteiger partial charge in [-0.3, -0.25) is 4.79 Å². The average molecular weight is 264 g/mol. The first-order valence-electron chi connectivity index (χ1n) is 6.43. The topological polar surface area (TPSA) is 84.6 Å². The number of ether oxygens (including phenoxy) is 1. The third-order valence-corrected chi connectivity index (χ3v) is 3.53. The SMILES string of the molecule is COC(CN)CC(=O)N[C@@H]1c2ccccc2C[C@@H]1O. The van der Waals surface area contributed by atoms with Crippen molar-refractivity contribution in [3.8, 4) is 0 Å². The van der Waals surface area contributed by atoms with E-state index in [1.54, 1.807) is 0 Å². The largest absolute Gasteiger partial charge is 0.390 e. The van der Waals surface area contributed by atoms with Crippen molar-refractivity contribution in [3.05, 3.63) is 35.4 Å². The van der Waals surface area contributed by atoms with Gasteiger partial charge in [0.25, 0.3) is 0 Å². The number of methoxy groups -OCH3 is 1. The zero-order valence-electron chi connectivity index (χ0n) is 11.0. The van der Waals surface area contributed by atoms with Crippen molar-refractivity contribution < 1.29 is 14.6 Å². The molecule has 5 nitrogen and oxygen atoms in total. The lowest BCUT2D eigenvalue weighted by atomic mass is 10.1. The lowest BCUT2D eigenvalue weighted by molar-refractivity contribution is -0.124. The lowest BCUT2D eigenvalue weighted by Gasteiger charge is -2.19. The number of nitrogens with one attached hydrogen (secondary N) is 1. The summed E-state index contributed by atoms with van der Waals surface area (Å²) in [5.74, 6) is -0.155. The van der Waals surface area contributed by atoms with Gasteiger partial charge in [0.2, 0.25) is 5.91 Å². The van der Waals surface area contributed by atoms with Crippen LogP contribution in [0.4, 0.5) is 0 Å². The van der Waals surface area contributed by atoms with E-state index in [0.717, 1.165) is 11.1 Å². The maximum Gasteiger partial charge on any atom is 0.223 e. The van der Waals surface area contributed by atoms with Crippen LogP contribution in [0.1, 0.15) is 23.6 Å². The van der Waals surface area contributed by atoms with Crippen LogP contribution in [0.5, 0.6) is 0 Å². The highest BCUT2D eigenvalue weighted by Gasteiger charge is 2.32. The van der Waals surface area contributed by atoms with E-state index in [9.17, 15) is 9.90 Å². The molecule has 1 amide bonds. The molecule has 2 rings (SSSR count). The number of aliphatic hydroxyl groups is 1. The molecule has 3 atom stereocenters. The van der Waals surface area contributed by atoms with Crippen LogP contribution in [0.25, 0.3) is 0 Å². The molecular formula is C14H20N2O3. The number of hydrogen-bond acceptors (Lipinski definition) is 4. The summed E-state index contributed by atoms with van der Waals surface area (Å²) in [6.07, 6.45) is -0.0709. The normalized spacial score (nSPS) is 22.9. The second-order valence-electron chi connectivity index (χ2n) is 4.81. The van der Waals surface area contributed by atoms with Gasteiger partial charge in [0.1, 0.15) is 0 Å². The van der Waals surface area contributed by atoms with Crippen molar-refractivity contribution in [3.63, 3.8) is 0 Å². The third-order valence-electron chi connectivity index (χ3n) is 3.53. The van der Waals surface area contributed by atoms with Crippen molar-refractivity contribution in [2.75, 3.05) is 13.7 Å². The van der Waals surface area contributed by atoms with Crippen LogP contribution >= 0.6 is 0 Å². The van der Waals surface area contributed by atoms with Crippen LogP contribution < -0.4 is 11.1 Å². The molecule has 0 spiro atoms. The highest BCUT2D eigenvalue weighted by molar-refractivity contribution is 5.77. The molecule has 0 saturated carbocycles. The minimum absolute atomic E-state index is 0.155. The van der Waals surface area contributed by atoms with Crippen LogP contribution in [0.15, 0.2) is 24.3 Å². The Kier molecular flexibility index (Phi) is 4.52. The van der Waals surface area contributed by atoms with E-state index in [1.807, 2.05) is 24.3 Å². The van der Waals surface area contributed by atoms with Crippen molar-refractivity contribution in [1.29, 1.82) is 0 Å². The smallest absolute Gasteiger partial charge is 0.223 e. The van der Waals surface area contributed by atoms with Crippen molar-refractivity contribution >= 4 is 5.91 Å². The Morgan fingerprint density at radius 3 is 3.00 bits per heavy atom. The van der Waals surface area contributed by atoms with Crippen LogP contribution in [-0.4, -0.2) is 36.9 Å². The summed E-state index contributed by atoms with van der Waals surface area (Å²) in [5.41, 5.74) is 7.57. The highest BCUT2D eigenvalue weighted by atomic mass is 16.5. The maximum atomic E-state index is 11.9. The summed E-state index contributed by atoms with van der Waals surface area (Å²) in [5, 5.41) is 12.9. The van der Waals surface area contributed by atoms with Gasteiger partial charge in [-0.05, 0) is 11.1 Å². The Labute approximate surface area is 112 Å². The molecular weight excluding hydrogens is 244 g/mol. The molecule has 19 heavy (non-hydrogen) atoms. The predicted octanol–water partition coefficient (Wildman–Crippen LogP) is 0.125. The zero-order chi connectivity index (χ0) is 13.8. The molecule has 0 heterocycles. The summed E-state index contributed by atoms with van der Waals surface area (Å²) in [6.45, 7) is 0.299. The van der Waals surface area contributed by atoms with E-state index in [1.165, 1.54) is 7.11 Å². The third kappa shape index (κ3) is 3.12. The molecule has 1 aromatic carbocycles. The molecule has 104 valence electrons. The zero-order valence-corrected chi connectivity index (χ0v) is 11.0. The molecule has 0 radical (unpaired) electrons. The highest BCUT2D eigenvalue weighted by Crippen LogP contribution is 2.31. The summed E-state index contributed by atoms with van der Waals surface area (Å²) < 4.78 is 5.08. The molecule has 1 unspecified atom stereocenters. The van der Waals surface area contributed by atoms with E-state index in [-0.39, 0.29) is 24.5 Å². The Hall–Kier alpha value is -1.43. The van der Waals surface area contributed by atoms with E-state index in [0.29, 0.717) is 13.0 Å². The quantitative estimate of drug-likeness (QED) is 0.705. The van der Waals surface area contributed by atoms with Crippen LogP contribution in [-0.2, 0) is 16.0 Å². The minimum Gasteiger partial charge on any atom is -0.390 e. The Morgan fingerprint density at radius 2 is 2.32 bits per heavy atom. The molecule has 0 bridgehead atoms. The number of amides is 1. The fourth-order valence-corrected chi connectivity index (χ4v) is 2.45. The van der Waals surface area contributed by atoms with Gasteiger partial charge in [-0.1, -0.05) is 24.3 Å². The van der Waals surface area contributed by atoms with Gasteiger partial charge in [0.15, 0.2) is 0 Å². The molecule has 5 heteroatoms. The van der Waals surface area contributed by atoms with Crippen molar-refractivity contribution in [1.82, 2.24) is 5.32 Å². The van der Waals surface area contributed by atoms with E-state index < -0.39 is 6.10 Å². The second-order valence-corrected chi connectivity index (χ2v) is 4.81. The molecule has 0 fully saturated rings. The number of nitrogens with two attached hydrogens (primary N) is 1. The summed E-state index contributed by atoms with van der Waals surface area (Å²) >= 11 is 0. The molecule has 0 aromatic heterocycles. The monoisotopic (exact) mass is 264 g/mol. The summed E-state index contributed by atoms with van der Waals surface area (Å²) in [6, 6.07) is 7.42. The minimum atomic E-state index is -0.569.